The number of nitrogens with one attached hydrogen (secondary N) is 1. The molecule has 0 spiro atoms. The highest BCUT2D eigenvalue weighted by Crippen LogP contribution is 2.31. The van der Waals surface area contributed by atoms with Gasteiger partial charge in [0.05, 0.1) is 11.4 Å². The van der Waals surface area contributed by atoms with E-state index in [9.17, 15) is 18.0 Å². The average Bonchev–Trinajstić information content (AvgIpc) is 2.75. The van der Waals surface area contributed by atoms with Gasteiger partial charge < -0.3 is 5.32 Å². The smallest absolute Gasteiger partial charge is 0.234 e. The van der Waals surface area contributed by atoms with Crippen molar-refractivity contribution in [2.24, 2.45) is 0 Å². The molecule has 0 saturated carbocycles. The maximum atomic E-state index is 13.7. The van der Waals surface area contributed by atoms with Gasteiger partial charge in [-0.3, -0.25) is 4.79 Å². The molecule has 0 fully saturated rings. The van der Waals surface area contributed by atoms with E-state index in [1.807, 2.05) is 24.3 Å². The van der Waals surface area contributed by atoms with Crippen molar-refractivity contribution in [2.45, 2.75) is 5.03 Å². The Balaban J connectivity index is 1.56. The molecule has 0 bridgehead atoms. The molecular formula is C22H14F3N3OS. The van der Waals surface area contributed by atoms with Gasteiger partial charge in [0.15, 0.2) is 0 Å². The molecule has 3 aromatic carbocycles. The van der Waals surface area contributed by atoms with Crippen molar-refractivity contribution in [1.29, 1.82) is 0 Å². The van der Waals surface area contributed by atoms with E-state index in [1.165, 1.54) is 12.1 Å². The number of thioether (sulfide) groups is 1. The van der Waals surface area contributed by atoms with Gasteiger partial charge in [-0.1, -0.05) is 36.0 Å². The summed E-state index contributed by atoms with van der Waals surface area (Å²) in [5.41, 5.74) is 1.10. The third-order valence-corrected chi connectivity index (χ3v) is 5.30. The Hall–Kier alpha value is -3.39. The Kier molecular flexibility index (Phi) is 5.67. The highest BCUT2D eigenvalue weighted by atomic mass is 32.2. The molecule has 4 aromatic rings. The Morgan fingerprint density at radius 2 is 1.57 bits per heavy atom. The van der Waals surface area contributed by atoms with Gasteiger partial charge in [-0.2, -0.15) is 0 Å². The highest BCUT2D eigenvalue weighted by molar-refractivity contribution is 8.00. The van der Waals surface area contributed by atoms with Crippen LogP contribution in [0.15, 0.2) is 71.8 Å². The Labute approximate surface area is 174 Å². The van der Waals surface area contributed by atoms with Crippen LogP contribution in [0.2, 0.25) is 0 Å². The fraction of sp³-hybridized carbons (Fsp3) is 0.0455. The summed E-state index contributed by atoms with van der Waals surface area (Å²) in [6.45, 7) is 0. The number of carbonyl (C=O) groups excluding carboxylic acids is 1. The number of aromatic nitrogens is 2. The van der Waals surface area contributed by atoms with E-state index < -0.39 is 17.5 Å². The lowest BCUT2D eigenvalue weighted by atomic mass is 10.1. The van der Waals surface area contributed by atoms with E-state index in [1.54, 1.807) is 12.1 Å². The number of hydrogen-bond donors (Lipinski definition) is 1. The molecule has 0 aliphatic heterocycles. The second-order valence-electron chi connectivity index (χ2n) is 6.37. The van der Waals surface area contributed by atoms with E-state index in [0.717, 1.165) is 46.3 Å². The largest absolute Gasteiger partial charge is 0.323 e. The summed E-state index contributed by atoms with van der Waals surface area (Å²) < 4.78 is 40.2. The Morgan fingerprint density at radius 3 is 2.33 bits per heavy atom. The van der Waals surface area contributed by atoms with Gasteiger partial charge in [-0.25, -0.2) is 13.2 Å². The van der Waals surface area contributed by atoms with Gasteiger partial charge in [-0.05, 0) is 36.4 Å². The number of amides is 1. The monoisotopic (exact) mass is 425 g/mol. The minimum atomic E-state index is -0.719. The average molecular weight is 425 g/mol. The van der Waals surface area contributed by atoms with Crippen molar-refractivity contribution in [2.75, 3.05) is 11.1 Å². The summed E-state index contributed by atoms with van der Waals surface area (Å²) >= 11 is 1.13. The molecule has 150 valence electrons. The van der Waals surface area contributed by atoms with E-state index in [-0.39, 0.29) is 17.3 Å². The number of fused-ring (bicyclic) bond motifs is 1. The zero-order valence-corrected chi connectivity index (χ0v) is 16.2. The lowest BCUT2D eigenvalue weighted by Gasteiger charge is -2.10. The predicted molar refractivity (Wildman–Crippen MR) is 111 cm³/mol. The summed E-state index contributed by atoms with van der Waals surface area (Å²) in [5.74, 6) is -2.27. The van der Waals surface area contributed by atoms with Crippen LogP contribution in [0, 0.1) is 17.5 Å². The molecule has 0 aliphatic rings. The molecule has 1 N–H and O–H groups in total. The number of carbonyl (C=O) groups is 1. The molecule has 1 heterocycles. The second-order valence-corrected chi connectivity index (χ2v) is 7.33. The fourth-order valence-corrected chi connectivity index (χ4v) is 3.69. The van der Waals surface area contributed by atoms with Gasteiger partial charge in [0.25, 0.3) is 0 Å². The molecule has 0 unspecified atom stereocenters. The quantitative estimate of drug-likeness (QED) is 0.433. The van der Waals surface area contributed by atoms with Crippen LogP contribution < -0.4 is 5.32 Å². The number of rotatable bonds is 5. The van der Waals surface area contributed by atoms with Crippen LogP contribution in [0.1, 0.15) is 0 Å². The summed E-state index contributed by atoms with van der Waals surface area (Å²) in [6.07, 6.45) is 0. The van der Waals surface area contributed by atoms with E-state index in [4.69, 9.17) is 0 Å². The Morgan fingerprint density at radius 1 is 0.867 bits per heavy atom. The predicted octanol–water partition coefficient (Wildman–Crippen LogP) is 5.44. The molecule has 0 radical (unpaired) electrons. The minimum absolute atomic E-state index is 0.0650. The molecule has 0 aliphatic carbocycles. The number of nitrogens with zero attached hydrogens (tertiary/aromatic N) is 2. The first-order valence-electron chi connectivity index (χ1n) is 8.90. The molecule has 4 rings (SSSR count). The normalized spacial score (nSPS) is 10.9. The number of hydrogen-bond acceptors (Lipinski definition) is 4. The third kappa shape index (κ3) is 4.28. The van der Waals surface area contributed by atoms with Gasteiger partial charge in [0, 0.05) is 22.4 Å². The van der Waals surface area contributed by atoms with Gasteiger partial charge in [-0.15, -0.1) is 10.2 Å². The molecule has 0 saturated heterocycles. The number of benzene rings is 3. The van der Waals surface area contributed by atoms with Crippen LogP contribution in [-0.2, 0) is 4.79 Å². The molecule has 30 heavy (non-hydrogen) atoms. The maximum Gasteiger partial charge on any atom is 0.234 e. The van der Waals surface area contributed by atoms with Crippen molar-refractivity contribution < 1.29 is 18.0 Å². The molecule has 4 nitrogen and oxygen atoms in total. The zero-order chi connectivity index (χ0) is 21.1. The van der Waals surface area contributed by atoms with E-state index in [0.29, 0.717) is 10.7 Å². The topological polar surface area (TPSA) is 54.9 Å². The summed E-state index contributed by atoms with van der Waals surface area (Å²) in [4.78, 5) is 12.2. The standard InChI is InChI=1S/C22H14F3N3OS/c23-14-7-5-13(6-8-14)21-16-3-1-2-4-17(16)22(28-27-21)30-12-20(29)26-19-11-15(24)9-10-18(19)25/h1-11H,12H2,(H,26,29). The van der Waals surface area contributed by atoms with E-state index in [2.05, 4.69) is 15.5 Å². The van der Waals surface area contributed by atoms with Gasteiger partial charge in [0.2, 0.25) is 5.91 Å². The van der Waals surface area contributed by atoms with Crippen molar-refractivity contribution in [3.05, 3.63) is 84.2 Å². The van der Waals surface area contributed by atoms with Crippen LogP contribution in [0.3, 0.4) is 0 Å². The first-order chi connectivity index (χ1) is 14.5. The number of anilines is 1. The van der Waals surface area contributed by atoms with Crippen molar-refractivity contribution in [1.82, 2.24) is 10.2 Å². The van der Waals surface area contributed by atoms with Gasteiger partial charge in [0.1, 0.15) is 28.2 Å². The Bertz CT molecular complexity index is 1230. The molecule has 1 aromatic heterocycles. The SMILES string of the molecule is O=C(CSc1nnc(-c2ccc(F)cc2)c2ccccc12)Nc1cc(F)ccc1F. The molecule has 0 atom stereocenters. The van der Waals surface area contributed by atoms with Gasteiger partial charge >= 0.3 is 0 Å². The lowest BCUT2D eigenvalue weighted by Crippen LogP contribution is -2.15. The third-order valence-electron chi connectivity index (χ3n) is 4.31. The molecular weight excluding hydrogens is 411 g/mol. The van der Waals surface area contributed by atoms with Crippen LogP contribution in [0.25, 0.3) is 22.0 Å². The zero-order valence-electron chi connectivity index (χ0n) is 15.4. The summed E-state index contributed by atoms with van der Waals surface area (Å²) in [5, 5.41) is 12.9. The maximum absolute atomic E-state index is 13.7. The van der Waals surface area contributed by atoms with E-state index >= 15 is 0 Å². The van der Waals surface area contributed by atoms with Crippen molar-refractivity contribution >= 4 is 34.1 Å². The summed E-state index contributed by atoms with van der Waals surface area (Å²) in [7, 11) is 0. The minimum Gasteiger partial charge on any atom is -0.323 e. The van der Waals surface area contributed by atoms with Crippen LogP contribution in [0.5, 0.6) is 0 Å². The van der Waals surface area contributed by atoms with Crippen LogP contribution in [-0.4, -0.2) is 21.9 Å². The second kappa shape index (κ2) is 8.54. The van der Waals surface area contributed by atoms with Crippen molar-refractivity contribution in [3.63, 3.8) is 0 Å². The van der Waals surface area contributed by atoms with Crippen molar-refractivity contribution in [3.8, 4) is 11.3 Å². The first kappa shape index (κ1) is 19.9. The fourth-order valence-electron chi connectivity index (χ4n) is 2.92. The number of halogens is 3. The van der Waals surface area contributed by atoms with Crippen LogP contribution in [0.4, 0.5) is 18.9 Å². The molecule has 1 amide bonds. The molecule has 8 heteroatoms. The highest BCUT2D eigenvalue weighted by Gasteiger charge is 2.14. The lowest BCUT2D eigenvalue weighted by molar-refractivity contribution is -0.113. The first-order valence-corrected chi connectivity index (χ1v) is 9.89. The van der Waals surface area contributed by atoms with Crippen LogP contribution >= 0.6 is 11.8 Å². The summed E-state index contributed by atoms with van der Waals surface area (Å²) in [6, 6.07) is 16.2.